The minimum atomic E-state index is -2.29. The summed E-state index contributed by atoms with van der Waals surface area (Å²) in [6.07, 6.45) is 3.11. The molecule has 2 aliphatic heterocycles. The summed E-state index contributed by atoms with van der Waals surface area (Å²) in [6.45, 7) is -0.710. The first-order valence-corrected chi connectivity index (χ1v) is 16.3. The van der Waals surface area contributed by atoms with Gasteiger partial charge in [0.25, 0.3) is 0 Å². The fraction of sp³-hybridized carbons (Fsp3) is 0.111. The predicted octanol–water partition coefficient (Wildman–Crippen LogP) is 9.23. The molecular formula is C45H35BIrN2O2-2. The summed E-state index contributed by atoms with van der Waals surface area (Å²) < 4.78 is 66.7. The number of rotatable bonds is 4. The quantitative estimate of drug-likeness (QED) is 0.131. The van der Waals surface area contributed by atoms with E-state index in [1.54, 1.807) is 18.3 Å². The van der Waals surface area contributed by atoms with Crippen LogP contribution in [-0.4, -0.2) is 16.7 Å². The fourth-order valence-electron chi connectivity index (χ4n) is 6.43. The number of para-hydroxylation sites is 2. The van der Waals surface area contributed by atoms with E-state index in [4.69, 9.17) is 19.1 Å². The summed E-state index contributed by atoms with van der Waals surface area (Å²) in [7, 11) is 0. The first-order valence-electron chi connectivity index (χ1n) is 19.8. The summed E-state index contributed by atoms with van der Waals surface area (Å²) >= 11 is 0. The number of hydrogen-bond acceptors (Lipinski definition) is 4. The monoisotopic (exact) mass is 846 g/mol. The summed E-state index contributed by atoms with van der Waals surface area (Å²) in [4.78, 5) is 8.86. The molecule has 251 valence electrons. The largest absolute Gasteiger partial charge is 0.503 e. The number of pyridine rings is 2. The molecule has 7 aromatic rings. The van der Waals surface area contributed by atoms with Crippen molar-refractivity contribution in [1.29, 1.82) is 0 Å². The minimum Gasteiger partial charge on any atom is -0.503 e. The first kappa shape index (κ1) is 26.5. The topological polar surface area (TPSA) is 44.2 Å². The molecular weight excluding hydrogens is 804 g/mol. The molecule has 4 heterocycles. The third-order valence-electron chi connectivity index (χ3n) is 8.94. The Balaban J connectivity index is 0.000000177. The number of aromatic nitrogens is 2. The van der Waals surface area contributed by atoms with Crippen molar-refractivity contribution >= 4 is 23.1 Å². The third kappa shape index (κ3) is 6.66. The zero-order valence-electron chi connectivity index (χ0n) is 34.8. The van der Waals surface area contributed by atoms with Crippen LogP contribution in [0.2, 0.25) is 0 Å². The molecule has 0 N–H and O–H groups in total. The Bertz CT molecular complexity index is 2600. The number of hydrogen-bond donors (Lipinski definition) is 0. The van der Waals surface area contributed by atoms with Crippen molar-refractivity contribution in [2.24, 2.45) is 0 Å². The maximum absolute atomic E-state index is 8.41. The molecule has 0 amide bonds. The molecule has 4 nitrogen and oxygen atoms in total. The predicted molar refractivity (Wildman–Crippen MR) is 204 cm³/mol. The van der Waals surface area contributed by atoms with Gasteiger partial charge in [-0.15, -0.1) is 47.5 Å². The van der Waals surface area contributed by atoms with E-state index in [0.29, 0.717) is 16.8 Å². The molecule has 2 aromatic heterocycles. The zero-order valence-corrected chi connectivity index (χ0v) is 30.2. The minimum absolute atomic E-state index is 0. The van der Waals surface area contributed by atoms with Crippen LogP contribution in [0.3, 0.4) is 0 Å². The van der Waals surface area contributed by atoms with E-state index in [-0.39, 0.29) is 37.9 Å². The molecule has 2 aliphatic rings. The smallest absolute Gasteiger partial charge is 0.239 e. The van der Waals surface area contributed by atoms with Crippen molar-refractivity contribution < 1.29 is 39.2 Å². The Hall–Kier alpha value is -5.29. The Kier molecular flexibility index (Phi) is 7.55. The molecule has 0 unspecified atom stereocenters. The molecule has 9 rings (SSSR count). The average Bonchev–Trinajstić information content (AvgIpc) is 3.20. The SMILES string of the molecule is [2H]C(C)(C)c1ccnc(-c2[c-]cc3c4c2Oc2ccccc2B4c2ccccc2O3)c1.[2H]C([2H])([2H])c1c[c-]c(-c2cc(-c3ccccc3)c(C([2H])([2H])[2H])cn2)cc1.[Ir]. The Morgan fingerprint density at radius 2 is 1.47 bits per heavy atom. The van der Waals surface area contributed by atoms with Gasteiger partial charge in [0.15, 0.2) is 0 Å². The van der Waals surface area contributed by atoms with E-state index in [9.17, 15) is 0 Å². The third-order valence-corrected chi connectivity index (χ3v) is 8.94. The van der Waals surface area contributed by atoms with Crippen LogP contribution >= 0.6 is 0 Å². The van der Waals surface area contributed by atoms with Crippen molar-refractivity contribution in [3.8, 4) is 56.6 Å². The molecule has 51 heavy (non-hydrogen) atoms. The maximum Gasteiger partial charge on any atom is 0.239 e. The van der Waals surface area contributed by atoms with Crippen LogP contribution in [0.25, 0.3) is 33.6 Å². The molecule has 0 bridgehead atoms. The van der Waals surface area contributed by atoms with Crippen molar-refractivity contribution in [3.63, 3.8) is 0 Å². The molecule has 0 fully saturated rings. The number of ether oxygens (including phenoxy) is 2. The van der Waals surface area contributed by atoms with Gasteiger partial charge in [0.1, 0.15) is 11.5 Å². The van der Waals surface area contributed by atoms with Gasteiger partial charge in [-0.2, -0.15) is 0 Å². The molecule has 0 atom stereocenters. The van der Waals surface area contributed by atoms with Gasteiger partial charge < -0.3 is 19.4 Å². The van der Waals surface area contributed by atoms with Crippen LogP contribution in [0.15, 0.2) is 134 Å². The Labute approximate surface area is 323 Å². The molecule has 0 spiro atoms. The zero-order chi connectivity index (χ0) is 40.1. The van der Waals surface area contributed by atoms with E-state index < -0.39 is 19.6 Å². The van der Waals surface area contributed by atoms with Crippen LogP contribution in [0.4, 0.5) is 0 Å². The summed E-state index contributed by atoms with van der Waals surface area (Å²) in [5, 5.41) is 0. The van der Waals surface area contributed by atoms with Gasteiger partial charge in [0.05, 0.1) is 0 Å². The number of nitrogens with zero attached hydrogens (tertiary/aromatic N) is 2. The van der Waals surface area contributed by atoms with E-state index in [1.807, 2.05) is 98.8 Å². The van der Waals surface area contributed by atoms with E-state index in [2.05, 4.69) is 34.2 Å². The van der Waals surface area contributed by atoms with E-state index in [1.165, 1.54) is 18.3 Å². The summed E-state index contributed by atoms with van der Waals surface area (Å²) in [5.74, 6) is 2.46. The van der Waals surface area contributed by atoms with Crippen LogP contribution in [0.5, 0.6) is 23.0 Å². The molecule has 1 radical (unpaired) electrons. The average molecular weight is 846 g/mol. The second-order valence-electron chi connectivity index (χ2n) is 12.4. The van der Waals surface area contributed by atoms with Crippen molar-refractivity contribution in [1.82, 2.24) is 9.97 Å². The normalized spacial score (nSPS) is 14.5. The van der Waals surface area contributed by atoms with Crippen LogP contribution in [0.1, 0.15) is 46.0 Å². The molecule has 0 saturated carbocycles. The van der Waals surface area contributed by atoms with Crippen molar-refractivity contribution in [3.05, 3.63) is 163 Å². The van der Waals surface area contributed by atoms with Gasteiger partial charge in [-0.25, -0.2) is 0 Å². The van der Waals surface area contributed by atoms with Gasteiger partial charge in [-0.05, 0) is 69.9 Å². The number of aryl methyl sites for hydroxylation is 2. The van der Waals surface area contributed by atoms with Gasteiger partial charge >= 0.3 is 0 Å². The van der Waals surface area contributed by atoms with Gasteiger partial charge in [0.2, 0.25) is 6.71 Å². The van der Waals surface area contributed by atoms with E-state index in [0.717, 1.165) is 61.8 Å². The molecule has 0 aliphatic carbocycles. The summed E-state index contributed by atoms with van der Waals surface area (Å²) in [5.41, 5.74) is 8.53. The maximum atomic E-state index is 8.41. The second-order valence-corrected chi connectivity index (χ2v) is 12.4. The number of fused-ring (bicyclic) bond motifs is 4. The van der Waals surface area contributed by atoms with Crippen LogP contribution in [-0.2, 0) is 20.1 Å². The Morgan fingerprint density at radius 3 is 2.18 bits per heavy atom. The molecule has 6 heteroatoms. The second kappa shape index (κ2) is 14.5. The van der Waals surface area contributed by atoms with E-state index >= 15 is 0 Å². The first-order chi connectivity index (χ1) is 27.2. The molecule has 0 saturated heterocycles. The summed E-state index contributed by atoms with van der Waals surface area (Å²) in [6, 6.07) is 43.8. The van der Waals surface area contributed by atoms with Crippen molar-refractivity contribution in [2.75, 3.05) is 0 Å². The van der Waals surface area contributed by atoms with Gasteiger partial charge in [-0.1, -0.05) is 116 Å². The van der Waals surface area contributed by atoms with Crippen LogP contribution in [0, 0.1) is 25.8 Å². The van der Waals surface area contributed by atoms with Crippen LogP contribution < -0.4 is 25.9 Å². The van der Waals surface area contributed by atoms with Gasteiger partial charge in [-0.3, -0.25) is 0 Å². The fourth-order valence-corrected chi connectivity index (χ4v) is 6.43. The Morgan fingerprint density at radius 1 is 0.725 bits per heavy atom. The number of benzene rings is 5. The molecule has 5 aromatic carbocycles. The standard InChI is InChI=1S/C26H19BNO2.C19H16N.Ir/c1-16(2)17-13-14-28-21(15-17)18-11-12-24-25-26(18)30-23-10-6-4-8-20(23)27(25)19-7-3-5-9-22(19)29-24;1-14-8-10-17(11-9-14)19-12-18(15(2)13-20-19)16-6-4-3-5-7-16;/h3-10,12-16H,1-2H3;3-10,12-13H,1-2H3;/q2*-1;/i16D;1D3,2D3;. The van der Waals surface area contributed by atoms with Gasteiger partial charge in [0, 0.05) is 53.6 Å². The van der Waals surface area contributed by atoms with Crippen molar-refractivity contribution in [2.45, 2.75) is 33.4 Å².